The minimum atomic E-state index is -1.98. The van der Waals surface area contributed by atoms with Crippen LogP contribution in [0.3, 0.4) is 0 Å². The first kappa shape index (κ1) is 40.8. The van der Waals surface area contributed by atoms with Gasteiger partial charge in [-0.3, -0.25) is 0 Å². The van der Waals surface area contributed by atoms with E-state index in [1.165, 1.54) is 42.4 Å². The van der Waals surface area contributed by atoms with E-state index in [0.717, 1.165) is 31.6 Å². The number of unbranched alkanes of at least 4 members (excludes halogenated alkanes) is 2. The highest BCUT2D eigenvalue weighted by molar-refractivity contribution is 6.74. The van der Waals surface area contributed by atoms with E-state index >= 15 is 0 Å². The van der Waals surface area contributed by atoms with Crippen LogP contribution in [0.25, 0.3) is 0 Å². The monoisotopic (exact) mass is 718 g/mol. The molecule has 0 heterocycles. The van der Waals surface area contributed by atoms with Gasteiger partial charge >= 0.3 is 0 Å². The van der Waals surface area contributed by atoms with E-state index in [1.807, 2.05) is 12.1 Å². The molecule has 2 aliphatic carbocycles. The minimum Gasteiger partial charge on any atom is -0.497 e. The number of allylic oxidation sites excluding steroid dienone is 2. The summed E-state index contributed by atoms with van der Waals surface area (Å²) in [4.78, 5) is 0. The number of methoxy groups -OCH3 is 1. The number of aryl methyl sites for hydroxylation is 1. The second-order valence-electron chi connectivity index (χ2n) is 18.3. The van der Waals surface area contributed by atoms with E-state index in [4.69, 9.17) is 18.3 Å². The Kier molecular flexibility index (Phi) is 14.1. The van der Waals surface area contributed by atoms with Crippen LogP contribution in [0, 0.1) is 24.7 Å². The maximum absolute atomic E-state index is 7.25. The molecule has 0 spiro atoms. The lowest BCUT2D eigenvalue weighted by atomic mass is 9.88. The molecular weight excluding hydrogens is 649 g/mol. The zero-order chi connectivity index (χ0) is 36.7. The number of rotatable bonds is 17. The molecule has 4 nitrogen and oxygen atoms in total. The number of fused-ring (bicyclic) bond motifs is 1. The van der Waals surface area contributed by atoms with Crippen molar-refractivity contribution >= 4 is 16.6 Å². The summed E-state index contributed by atoms with van der Waals surface area (Å²) in [5.74, 6) is 2.53. The number of benzene rings is 2. The van der Waals surface area contributed by atoms with Gasteiger partial charge in [0.25, 0.3) is 0 Å². The summed E-state index contributed by atoms with van der Waals surface area (Å²) in [7, 11) is -2.20. The van der Waals surface area contributed by atoms with Gasteiger partial charge in [0.05, 0.1) is 25.9 Å². The molecular formula is C44H70O4Si2. The zero-order valence-electron chi connectivity index (χ0n) is 33.7. The molecule has 1 saturated carbocycles. The van der Waals surface area contributed by atoms with Crippen LogP contribution in [-0.2, 0) is 26.6 Å². The molecule has 2 aromatic carbocycles. The van der Waals surface area contributed by atoms with Crippen LogP contribution >= 0.6 is 0 Å². The van der Waals surface area contributed by atoms with Gasteiger partial charge in [-0.1, -0.05) is 114 Å². The molecule has 2 aromatic rings. The van der Waals surface area contributed by atoms with Crippen molar-refractivity contribution in [1.29, 1.82) is 0 Å². The van der Waals surface area contributed by atoms with Crippen LogP contribution in [0.1, 0.15) is 96.8 Å². The lowest BCUT2D eigenvalue weighted by molar-refractivity contribution is 0.117. The lowest BCUT2D eigenvalue weighted by Gasteiger charge is -2.40. The number of ether oxygens (including phenoxy) is 2. The summed E-state index contributed by atoms with van der Waals surface area (Å²) in [6.07, 6.45) is 16.0. The third-order valence-corrected chi connectivity index (χ3v) is 21.2. The molecule has 4 rings (SSSR count). The van der Waals surface area contributed by atoms with Gasteiger partial charge in [0.1, 0.15) is 5.75 Å². The van der Waals surface area contributed by atoms with E-state index in [9.17, 15) is 0 Å². The Morgan fingerprint density at radius 2 is 1.56 bits per heavy atom. The Balaban J connectivity index is 1.41. The Bertz CT molecular complexity index is 1410. The summed E-state index contributed by atoms with van der Waals surface area (Å²) >= 11 is 0. The van der Waals surface area contributed by atoms with Crippen molar-refractivity contribution in [3.63, 3.8) is 0 Å². The molecule has 5 atom stereocenters. The first-order valence-corrected chi connectivity index (χ1v) is 25.2. The van der Waals surface area contributed by atoms with Gasteiger partial charge in [-0.2, -0.15) is 0 Å². The first-order valence-electron chi connectivity index (χ1n) is 19.4. The summed E-state index contributed by atoms with van der Waals surface area (Å²) in [5.41, 5.74) is 5.52. The summed E-state index contributed by atoms with van der Waals surface area (Å²) in [6.45, 7) is 27.4. The van der Waals surface area contributed by atoms with Crippen molar-refractivity contribution in [2.75, 3.05) is 13.7 Å². The molecule has 0 radical (unpaired) electrons. The molecule has 0 aromatic heterocycles. The van der Waals surface area contributed by atoms with Gasteiger partial charge in [-0.15, -0.1) is 0 Å². The molecule has 0 bridgehead atoms. The molecule has 6 heteroatoms. The van der Waals surface area contributed by atoms with Gasteiger partial charge < -0.3 is 18.3 Å². The topological polar surface area (TPSA) is 36.9 Å². The SMILES string of the molecule is COc1ccc(COCCCCCC2=C[C@H]3C[C@@H](O[Si](C)(C)C(C)(C)C)[C@H](C=C[C@@H](Cc4cccc(C)c4)O[Si](C)(C)C(C)(C)C)[C@H]3C2)cc1. The molecule has 0 N–H and O–H groups in total. The van der Waals surface area contributed by atoms with Crippen molar-refractivity contribution in [1.82, 2.24) is 0 Å². The average molecular weight is 719 g/mol. The highest BCUT2D eigenvalue weighted by atomic mass is 28.4. The van der Waals surface area contributed by atoms with Crippen LogP contribution in [0.5, 0.6) is 5.75 Å². The van der Waals surface area contributed by atoms with Crippen molar-refractivity contribution in [3.8, 4) is 5.75 Å². The molecule has 50 heavy (non-hydrogen) atoms. The maximum atomic E-state index is 7.25. The Labute approximate surface area is 308 Å². The molecule has 0 saturated heterocycles. The molecule has 278 valence electrons. The third-order valence-electron chi connectivity index (χ3n) is 12.2. The van der Waals surface area contributed by atoms with Crippen molar-refractivity contribution in [2.45, 2.75) is 148 Å². The fourth-order valence-electron chi connectivity index (χ4n) is 7.12. The standard InChI is InChI=1S/C44H70O4Si2/c1-33-17-16-19-35(27-33)29-39(47-49(9,10)43(2,3)4)24-25-40-41-30-36(28-37(41)31-42(40)48-50(11,12)44(5,6)7)18-14-13-15-26-46-32-34-20-22-38(45-8)23-21-34/h16-17,19-25,27-28,37,39-42H,13-15,18,26,29-32H2,1-12H3/t37-,39-,40+,41-,42+/m0/s1. The third kappa shape index (κ3) is 11.3. The largest absolute Gasteiger partial charge is 0.497 e. The molecule has 1 fully saturated rings. The Hall–Kier alpha value is -1.97. The predicted molar refractivity (Wildman–Crippen MR) is 217 cm³/mol. The highest BCUT2D eigenvalue weighted by Gasteiger charge is 2.49. The van der Waals surface area contributed by atoms with Gasteiger partial charge in [-0.05, 0) is 110 Å². The highest BCUT2D eigenvalue weighted by Crippen LogP contribution is 2.51. The van der Waals surface area contributed by atoms with E-state index in [0.29, 0.717) is 24.4 Å². The Morgan fingerprint density at radius 1 is 0.860 bits per heavy atom. The maximum Gasteiger partial charge on any atom is 0.192 e. The first-order chi connectivity index (χ1) is 23.4. The van der Waals surface area contributed by atoms with Crippen molar-refractivity contribution in [3.05, 3.63) is 89.0 Å². The van der Waals surface area contributed by atoms with Crippen LogP contribution in [-0.4, -0.2) is 42.6 Å². The smallest absolute Gasteiger partial charge is 0.192 e. The van der Waals surface area contributed by atoms with E-state index < -0.39 is 16.6 Å². The summed E-state index contributed by atoms with van der Waals surface area (Å²) in [5, 5.41) is 0.350. The quantitative estimate of drug-likeness (QED) is 0.0927. The van der Waals surface area contributed by atoms with Gasteiger partial charge in [-0.25, -0.2) is 0 Å². The van der Waals surface area contributed by atoms with Crippen molar-refractivity contribution < 1.29 is 18.3 Å². The summed E-state index contributed by atoms with van der Waals surface area (Å²) in [6, 6.07) is 17.1. The van der Waals surface area contributed by atoms with Crippen molar-refractivity contribution in [2.24, 2.45) is 17.8 Å². The number of hydrogen-bond acceptors (Lipinski definition) is 4. The van der Waals surface area contributed by atoms with E-state index in [1.54, 1.807) is 12.7 Å². The number of hydrogen-bond donors (Lipinski definition) is 0. The second-order valence-corrected chi connectivity index (χ2v) is 27.8. The molecule has 0 unspecified atom stereocenters. The van der Waals surface area contributed by atoms with Crippen LogP contribution in [0.2, 0.25) is 36.3 Å². The van der Waals surface area contributed by atoms with Gasteiger partial charge in [0.15, 0.2) is 16.6 Å². The fourth-order valence-corrected chi connectivity index (χ4v) is 9.76. The average Bonchev–Trinajstić information content (AvgIpc) is 3.55. The zero-order valence-corrected chi connectivity index (χ0v) is 35.7. The summed E-state index contributed by atoms with van der Waals surface area (Å²) < 4.78 is 25.6. The van der Waals surface area contributed by atoms with Crippen LogP contribution in [0.4, 0.5) is 0 Å². The van der Waals surface area contributed by atoms with Gasteiger partial charge in [0, 0.05) is 18.9 Å². The van der Waals surface area contributed by atoms with Crippen LogP contribution < -0.4 is 4.74 Å². The molecule has 0 amide bonds. The fraction of sp³-hybridized carbons (Fsp3) is 0.636. The molecule has 2 aliphatic rings. The molecule has 0 aliphatic heterocycles. The van der Waals surface area contributed by atoms with E-state index in [-0.39, 0.29) is 22.3 Å². The second kappa shape index (κ2) is 17.2. The van der Waals surface area contributed by atoms with E-state index in [2.05, 4.69) is 129 Å². The predicted octanol–water partition coefficient (Wildman–Crippen LogP) is 12.2. The normalized spacial score (nSPS) is 22.2. The lowest BCUT2D eigenvalue weighted by Crippen LogP contribution is -2.45. The minimum absolute atomic E-state index is 0.0611. The van der Waals surface area contributed by atoms with Crippen LogP contribution in [0.15, 0.2) is 72.3 Å². The van der Waals surface area contributed by atoms with Gasteiger partial charge in [0.2, 0.25) is 0 Å². The Morgan fingerprint density at radius 3 is 2.20 bits per heavy atom.